The molecule has 0 fully saturated rings. The number of rotatable bonds is 21. The van der Waals surface area contributed by atoms with E-state index >= 15 is 0 Å². The van der Waals surface area contributed by atoms with Gasteiger partial charge >= 0.3 is 0 Å². The van der Waals surface area contributed by atoms with Crippen LogP contribution in [0.15, 0.2) is 0 Å². The van der Waals surface area contributed by atoms with Crippen molar-refractivity contribution in [1.82, 2.24) is 0 Å². The van der Waals surface area contributed by atoms with Crippen molar-refractivity contribution < 1.29 is 0 Å². The summed E-state index contributed by atoms with van der Waals surface area (Å²) in [7, 11) is 0. The van der Waals surface area contributed by atoms with Gasteiger partial charge in [-0.25, -0.2) is 0 Å². The molecule has 0 rings (SSSR count). The van der Waals surface area contributed by atoms with Crippen molar-refractivity contribution in [2.45, 2.75) is 155 Å². The van der Waals surface area contributed by atoms with Gasteiger partial charge in [-0.2, -0.15) is 0 Å². The maximum Gasteiger partial charge on any atom is 0.00670 e. The van der Waals surface area contributed by atoms with E-state index in [0.29, 0.717) is 6.04 Å². The SMILES string of the molecule is CCCCCCCCCCC(CCCCCCCCCC)C(N)CCC. The largest absolute Gasteiger partial charge is 0.327 e. The standard InChI is InChI=1S/C25H53N/c1-4-7-9-11-13-15-17-19-22-24(25(26)21-6-3)23-20-18-16-14-12-10-8-5-2/h24-25H,4-23,26H2,1-3H3. The van der Waals surface area contributed by atoms with E-state index < -0.39 is 0 Å². The second-order valence-corrected chi connectivity index (χ2v) is 8.74. The minimum Gasteiger partial charge on any atom is -0.327 e. The first-order valence-electron chi connectivity index (χ1n) is 12.5. The Hall–Kier alpha value is -0.0400. The molecule has 0 aromatic heterocycles. The Balaban J connectivity index is 3.74. The highest BCUT2D eigenvalue weighted by atomic mass is 14.6. The van der Waals surface area contributed by atoms with Gasteiger partial charge in [0.15, 0.2) is 0 Å². The average Bonchev–Trinajstić information content (AvgIpc) is 2.64. The molecule has 0 radical (unpaired) electrons. The van der Waals surface area contributed by atoms with Crippen molar-refractivity contribution in [2.75, 3.05) is 0 Å². The van der Waals surface area contributed by atoms with E-state index in [4.69, 9.17) is 5.73 Å². The molecule has 26 heavy (non-hydrogen) atoms. The van der Waals surface area contributed by atoms with Crippen molar-refractivity contribution in [3.8, 4) is 0 Å². The Bertz CT molecular complexity index is 231. The Morgan fingerprint density at radius 2 is 0.769 bits per heavy atom. The molecule has 1 atom stereocenters. The molecule has 0 aromatic carbocycles. The van der Waals surface area contributed by atoms with Crippen LogP contribution >= 0.6 is 0 Å². The van der Waals surface area contributed by atoms with E-state index in [9.17, 15) is 0 Å². The molecule has 2 N–H and O–H groups in total. The molecule has 0 spiro atoms. The maximum atomic E-state index is 6.52. The lowest BCUT2D eigenvalue weighted by Gasteiger charge is -2.24. The van der Waals surface area contributed by atoms with Crippen LogP contribution in [0.2, 0.25) is 0 Å². The second-order valence-electron chi connectivity index (χ2n) is 8.74. The van der Waals surface area contributed by atoms with Gasteiger partial charge in [0.05, 0.1) is 0 Å². The third-order valence-electron chi connectivity index (χ3n) is 6.08. The minimum absolute atomic E-state index is 0.453. The van der Waals surface area contributed by atoms with Gasteiger partial charge in [-0.15, -0.1) is 0 Å². The molecule has 1 nitrogen and oxygen atoms in total. The van der Waals surface area contributed by atoms with Crippen molar-refractivity contribution in [1.29, 1.82) is 0 Å². The molecule has 1 heteroatoms. The Kier molecular flexibility index (Phi) is 21.2. The fourth-order valence-electron chi connectivity index (χ4n) is 4.22. The van der Waals surface area contributed by atoms with Crippen LogP contribution in [0.3, 0.4) is 0 Å². The van der Waals surface area contributed by atoms with E-state index in [1.54, 1.807) is 0 Å². The number of hydrogen-bond acceptors (Lipinski definition) is 1. The predicted octanol–water partition coefficient (Wildman–Crippen LogP) is 8.79. The summed E-state index contributed by atoms with van der Waals surface area (Å²) in [5.74, 6) is 0.787. The minimum atomic E-state index is 0.453. The third kappa shape index (κ3) is 17.4. The van der Waals surface area contributed by atoms with Crippen LogP contribution in [0.1, 0.15) is 149 Å². The zero-order valence-electron chi connectivity index (χ0n) is 18.9. The van der Waals surface area contributed by atoms with Gasteiger partial charge in [-0.1, -0.05) is 130 Å². The molecule has 0 bridgehead atoms. The molecule has 0 aliphatic heterocycles. The van der Waals surface area contributed by atoms with E-state index in [-0.39, 0.29) is 0 Å². The molecule has 0 saturated carbocycles. The zero-order chi connectivity index (χ0) is 19.3. The quantitative estimate of drug-likeness (QED) is 0.201. The molecule has 0 aliphatic carbocycles. The molecule has 0 aromatic rings. The van der Waals surface area contributed by atoms with Crippen LogP contribution in [-0.4, -0.2) is 6.04 Å². The van der Waals surface area contributed by atoms with Gasteiger partial charge in [0.25, 0.3) is 0 Å². The van der Waals surface area contributed by atoms with Gasteiger partial charge in [-0.05, 0) is 25.2 Å². The molecule has 0 saturated heterocycles. The van der Waals surface area contributed by atoms with Gasteiger partial charge in [0.1, 0.15) is 0 Å². The maximum absolute atomic E-state index is 6.52. The van der Waals surface area contributed by atoms with Crippen LogP contribution in [0.4, 0.5) is 0 Å². The summed E-state index contributed by atoms with van der Waals surface area (Å²) in [6.45, 7) is 6.88. The van der Waals surface area contributed by atoms with E-state index in [1.807, 2.05) is 0 Å². The van der Waals surface area contributed by atoms with Crippen LogP contribution in [0.5, 0.6) is 0 Å². The summed E-state index contributed by atoms with van der Waals surface area (Å²) in [4.78, 5) is 0. The fraction of sp³-hybridized carbons (Fsp3) is 1.00. The van der Waals surface area contributed by atoms with Crippen LogP contribution in [-0.2, 0) is 0 Å². The van der Waals surface area contributed by atoms with Crippen LogP contribution < -0.4 is 5.73 Å². The van der Waals surface area contributed by atoms with E-state index in [2.05, 4.69) is 20.8 Å². The van der Waals surface area contributed by atoms with Crippen molar-refractivity contribution in [3.05, 3.63) is 0 Å². The topological polar surface area (TPSA) is 26.0 Å². The molecule has 1 unspecified atom stereocenters. The monoisotopic (exact) mass is 367 g/mol. The summed E-state index contributed by atoms with van der Waals surface area (Å²) in [5.41, 5.74) is 6.52. The van der Waals surface area contributed by atoms with Gasteiger partial charge in [0, 0.05) is 6.04 Å². The summed E-state index contributed by atoms with van der Waals surface area (Å²) in [6.07, 6.45) is 28.0. The summed E-state index contributed by atoms with van der Waals surface area (Å²) in [6, 6.07) is 0.453. The number of unbranched alkanes of at least 4 members (excludes halogenated alkanes) is 14. The van der Waals surface area contributed by atoms with E-state index in [0.717, 1.165) is 5.92 Å². The van der Waals surface area contributed by atoms with Crippen LogP contribution in [0, 0.1) is 5.92 Å². The lowest BCUT2D eigenvalue weighted by molar-refractivity contribution is 0.326. The number of nitrogens with two attached hydrogens (primary N) is 1. The zero-order valence-corrected chi connectivity index (χ0v) is 18.9. The predicted molar refractivity (Wildman–Crippen MR) is 121 cm³/mol. The molecule has 0 heterocycles. The molecule has 0 amide bonds. The first-order chi connectivity index (χ1) is 12.8. The highest BCUT2D eigenvalue weighted by molar-refractivity contribution is 4.73. The fourth-order valence-corrected chi connectivity index (χ4v) is 4.22. The van der Waals surface area contributed by atoms with Gasteiger partial charge < -0.3 is 5.73 Å². The Morgan fingerprint density at radius 3 is 1.12 bits per heavy atom. The summed E-state index contributed by atoms with van der Waals surface area (Å²) in [5, 5.41) is 0. The highest BCUT2D eigenvalue weighted by Crippen LogP contribution is 2.23. The Morgan fingerprint density at radius 1 is 0.423 bits per heavy atom. The van der Waals surface area contributed by atoms with Crippen molar-refractivity contribution >= 4 is 0 Å². The normalized spacial score (nSPS) is 12.8. The third-order valence-corrected chi connectivity index (χ3v) is 6.08. The lowest BCUT2D eigenvalue weighted by Crippen LogP contribution is -2.30. The van der Waals surface area contributed by atoms with Gasteiger partial charge in [-0.3, -0.25) is 0 Å². The molecule has 0 aliphatic rings. The summed E-state index contributed by atoms with van der Waals surface area (Å²) < 4.78 is 0. The highest BCUT2D eigenvalue weighted by Gasteiger charge is 2.16. The Labute approximate surface area is 167 Å². The first kappa shape index (κ1) is 26.0. The molecular weight excluding hydrogens is 314 g/mol. The van der Waals surface area contributed by atoms with Gasteiger partial charge in [0.2, 0.25) is 0 Å². The smallest absolute Gasteiger partial charge is 0.00670 e. The van der Waals surface area contributed by atoms with Crippen molar-refractivity contribution in [3.63, 3.8) is 0 Å². The van der Waals surface area contributed by atoms with E-state index in [1.165, 1.54) is 128 Å². The molecule has 158 valence electrons. The van der Waals surface area contributed by atoms with Crippen molar-refractivity contribution in [2.24, 2.45) is 11.7 Å². The summed E-state index contributed by atoms with van der Waals surface area (Å²) >= 11 is 0. The average molecular weight is 368 g/mol. The number of hydrogen-bond donors (Lipinski definition) is 1. The molecular formula is C25H53N. The lowest BCUT2D eigenvalue weighted by atomic mass is 9.86. The second kappa shape index (κ2) is 21.3. The van der Waals surface area contributed by atoms with Crippen LogP contribution in [0.25, 0.3) is 0 Å². The first-order valence-corrected chi connectivity index (χ1v) is 12.5.